The molecule has 108 valence electrons. The van der Waals surface area contributed by atoms with Gasteiger partial charge in [-0.05, 0) is 35.8 Å². The van der Waals surface area contributed by atoms with Gasteiger partial charge in [0.2, 0.25) is 5.91 Å². The average Bonchev–Trinajstić information content (AvgIpc) is 2.45. The molecule has 2 heterocycles. The molecule has 2 unspecified atom stereocenters. The van der Waals surface area contributed by atoms with Gasteiger partial charge in [0.15, 0.2) is 0 Å². The zero-order chi connectivity index (χ0) is 14.3. The van der Waals surface area contributed by atoms with Crippen molar-refractivity contribution < 1.29 is 4.79 Å². The Kier molecular flexibility index (Phi) is 3.45. The van der Waals surface area contributed by atoms with Crippen LogP contribution < -0.4 is 5.32 Å². The minimum absolute atomic E-state index is 0.223. The maximum Gasteiger partial charge on any atom is 0.219 e. The molecule has 1 N–H and O–H groups in total. The van der Waals surface area contributed by atoms with E-state index in [1.54, 1.807) is 6.92 Å². The van der Waals surface area contributed by atoms with Crippen LogP contribution >= 0.6 is 0 Å². The third-order valence-electron chi connectivity index (χ3n) is 4.88. The Bertz CT molecular complexity index is 499. The molecule has 1 aromatic rings. The summed E-state index contributed by atoms with van der Waals surface area (Å²) in [6.07, 6.45) is 1.27. The topological polar surface area (TPSA) is 32.3 Å². The van der Waals surface area contributed by atoms with Gasteiger partial charge in [-0.15, -0.1) is 0 Å². The second-order valence-corrected chi connectivity index (χ2v) is 6.59. The summed E-state index contributed by atoms with van der Waals surface area (Å²) in [5, 5.41) is 3.75. The largest absolute Gasteiger partial charge is 0.381 e. The van der Waals surface area contributed by atoms with E-state index in [-0.39, 0.29) is 5.91 Å². The van der Waals surface area contributed by atoms with Crippen LogP contribution in [-0.2, 0) is 4.79 Å². The van der Waals surface area contributed by atoms with Gasteiger partial charge in [0.25, 0.3) is 0 Å². The van der Waals surface area contributed by atoms with Crippen LogP contribution in [0.5, 0.6) is 0 Å². The first kappa shape index (κ1) is 13.5. The van der Waals surface area contributed by atoms with Gasteiger partial charge in [-0.2, -0.15) is 0 Å². The van der Waals surface area contributed by atoms with Gasteiger partial charge in [0, 0.05) is 31.7 Å². The van der Waals surface area contributed by atoms with Crippen molar-refractivity contribution in [3.63, 3.8) is 0 Å². The Morgan fingerprint density at radius 3 is 2.50 bits per heavy atom. The van der Waals surface area contributed by atoms with Crippen molar-refractivity contribution in [1.82, 2.24) is 4.90 Å². The zero-order valence-corrected chi connectivity index (χ0v) is 12.6. The number of hydrogen-bond donors (Lipinski definition) is 1. The molecule has 3 heteroatoms. The molecule has 1 amide bonds. The predicted octanol–water partition coefficient (Wildman–Crippen LogP) is 3.09. The van der Waals surface area contributed by atoms with Gasteiger partial charge in [0.05, 0.1) is 0 Å². The number of carbonyl (C=O) groups is 1. The first-order valence-corrected chi connectivity index (χ1v) is 7.67. The van der Waals surface area contributed by atoms with Crippen LogP contribution in [0.1, 0.15) is 38.7 Å². The number of benzene rings is 1. The van der Waals surface area contributed by atoms with Crippen LogP contribution in [0, 0.1) is 11.8 Å². The van der Waals surface area contributed by atoms with Crippen molar-refractivity contribution in [2.45, 2.75) is 39.2 Å². The molecule has 0 radical (unpaired) electrons. The van der Waals surface area contributed by atoms with Crippen molar-refractivity contribution in [1.29, 1.82) is 0 Å². The van der Waals surface area contributed by atoms with Crippen LogP contribution in [0.25, 0.3) is 0 Å². The minimum Gasteiger partial charge on any atom is -0.381 e. The van der Waals surface area contributed by atoms with Crippen molar-refractivity contribution >= 4 is 11.6 Å². The van der Waals surface area contributed by atoms with Crippen LogP contribution in [0.3, 0.4) is 0 Å². The van der Waals surface area contributed by atoms with E-state index in [1.807, 2.05) is 4.90 Å². The highest BCUT2D eigenvalue weighted by atomic mass is 16.2. The Morgan fingerprint density at radius 1 is 1.25 bits per heavy atom. The van der Waals surface area contributed by atoms with Crippen LogP contribution in [0.2, 0.25) is 0 Å². The van der Waals surface area contributed by atoms with Crippen molar-refractivity contribution in [2.75, 3.05) is 18.4 Å². The maximum atomic E-state index is 11.5. The molecule has 3 aliphatic rings. The van der Waals surface area contributed by atoms with E-state index in [1.165, 1.54) is 17.7 Å². The van der Waals surface area contributed by atoms with Gasteiger partial charge >= 0.3 is 0 Å². The normalized spacial score (nSPS) is 28.2. The average molecular weight is 272 g/mol. The number of nitrogens with one attached hydrogen (secondary N) is 1. The van der Waals surface area contributed by atoms with E-state index in [2.05, 4.69) is 43.4 Å². The highest BCUT2D eigenvalue weighted by Crippen LogP contribution is 2.42. The van der Waals surface area contributed by atoms with E-state index in [0.717, 1.165) is 13.1 Å². The summed E-state index contributed by atoms with van der Waals surface area (Å²) in [5.41, 5.74) is 2.67. The fourth-order valence-electron chi connectivity index (χ4n) is 3.69. The number of fused-ring (bicyclic) bond motifs is 2. The number of carbonyl (C=O) groups excluding carboxylic acids is 1. The minimum atomic E-state index is 0.223. The maximum absolute atomic E-state index is 11.5. The smallest absolute Gasteiger partial charge is 0.219 e. The number of piperidine rings is 2. The summed E-state index contributed by atoms with van der Waals surface area (Å²) in [6, 6.07) is 9.16. The molecule has 1 aromatic carbocycles. The SMILES string of the molecule is CC(=O)N1CC2CC(C1)C2Nc1ccccc1C(C)C. The van der Waals surface area contributed by atoms with Gasteiger partial charge in [0.1, 0.15) is 0 Å². The van der Waals surface area contributed by atoms with Gasteiger partial charge in [-0.3, -0.25) is 4.79 Å². The van der Waals surface area contributed by atoms with Crippen molar-refractivity contribution in [3.05, 3.63) is 29.8 Å². The summed E-state index contributed by atoms with van der Waals surface area (Å²) < 4.78 is 0. The van der Waals surface area contributed by atoms with Crippen LogP contribution in [0.15, 0.2) is 24.3 Å². The number of anilines is 1. The standard InChI is InChI=1S/C17H24N2O/c1-11(2)15-6-4-5-7-16(15)18-17-13-8-14(17)10-19(9-13)12(3)20/h4-7,11,13-14,17-18H,8-10H2,1-3H3. The Labute approximate surface area is 121 Å². The Hall–Kier alpha value is -1.51. The van der Waals surface area contributed by atoms with Crippen molar-refractivity contribution in [2.24, 2.45) is 11.8 Å². The second-order valence-electron chi connectivity index (χ2n) is 6.59. The van der Waals surface area contributed by atoms with Gasteiger partial charge in [-0.25, -0.2) is 0 Å². The molecule has 20 heavy (non-hydrogen) atoms. The molecule has 2 bridgehead atoms. The van der Waals surface area contributed by atoms with Crippen LogP contribution in [-0.4, -0.2) is 29.9 Å². The highest BCUT2D eigenvalue weighted by molar-refractivity contribution is 5.73. The molecule has 1 aliphatic carbocycles. The molecule has 2 saturated heterocycles. The second kappa shape index (κ2) is 5.12. The number of nitrogens with zero attached hydrogens (tertiary/aromatic N) is 1. The van der Waals surface area contributed by atoms with E-state index in [9.17, 15) is 4.79 Å². The molecule has 0 aromatic heterocycles. The molecule has 2 atom stereocenters. The molecule has 3 nitrogen and oxygen atoms in total. The molecular formula is C17H24N2O. The summed E-state index contributed by atoms with van der Waals surface area (Å²) in [6.45, 7) is 8.00. The van der Waals surface area contributed by atoms with Crippen molar-refractivity contribution in [3.8, 4) is 0 Å². The zero-order valence-electron chi connectivity index (χ0n) is 12.6. The molecule has 0 spiro atoms. The fourth-order valence-corrected chi connectivity index (χ4v) is 3.69. The number of para-hydroxylation sites is 1. The summed E-state index contributed by atoms with van der Waals surface area (Å²) >= 11 is 0. The summed E-state index contributed by atoms with van der Waals surface area (Å²) in [5.74, 6) is 2.00. The molecule has 2 aliphatic heterocycles. The highest BCUT2D eigenvalue weighted by Gasteiger charge is 2.47. The first-order valence-electron chi connectivity index (χ1n) is 7.67. The van der Waals surface area contributed by atoms with E-state index in [0.29, 0.717) is 23.8 Å². The lowest BCUT2D eigenvalue weighted by Crippen LogP contribution is -2.62. The third-order valence-corrected chi connectivity index (χ3v) is 4.88. The van der Waals surface area contributed by atoms with E-state index >= 15 is 0 Å². The Balaban J connectivity index is 1.71. The van der Waals surface area contributed by atoms with Gasteiger partial charge in [-0.1, -0.05) is 32.0 Å². The quantitative estimate of drug-likeness (QED) is 0.917. The lowest BCUT2D eigenvalue weighted by Gasteiger charge is -2.54. The third kappa shape index (κ3) is 2.30. The predicted molar refractivity (Wildman–Crippen MR) is 81.8 cm³/mol. The summed E-state index contributed by atoms with van der Waals surface area (Å²) in [7, 11) is 0. The monoisotopic (exact) mass is 272 g/mol. The lowest BCUT2D eigenvalue weighted by atomic mass is 9.66. The molecule has 1 saturated carbocycles. The Morgan fingerprint density at radius 2 is 1.90 bits per heavy atom. The molecule has 3 fully saturated rings. The van der Waals surface area contributed by atoms with Gasteiger partial charge < -0.3 is 10.2 Å². The number of rotatable bonds is 3. The summed E-state index contributed by atoms with van der Waals surface area (Å²) in [4.78, 5) is 13.5. The van der Waals surface area contributed by atoms with Crippen LogP contribution in [0.4, 0.5) is 5.69 Å². The van der Waals surface area contributed by atoms with E-state index < -0.39 is 0 Å². The lowest BCUT2D eigenvalue weighted by molar-refractivity contribution is -0.135. The molecular weight excluding hydrogens is 248 g/mol. The fraction of sp³-hybridized carbons (Fsp3) is 0.588. The van der Waals surface area contributed by atoms with E-state index in [4.69, 9.17) is 0 Å². The first-order chi connectivity index (χ1) is 9.56. The molecule has 4 rings (SSSR count). The number of amides is 1. The number of hydrogen-bond acceptors (Lipinski definition) is 2.